The smallest absolute Gasteiger partial charge is 0.276 e. The first kappa shape index (κ1) is 21.1. The number of fused-ring (bicyclic) bond motifs is 1. The van der Waals surface area contributed by atoms with Crippen molar-refractivity contribution < 1.29 is 14.3 Å². The molecular formula is C25H26N2O3. The molecule has 0 aromatic heterocycles. The Morgan fingerprint density at radius 1 is 0.967 bits per heavy atom. The lowest BCUT2D eigenvalue weighted by Gasteiger charge is -2.15. The number of hydrogen-bond donors (Lipinski definition) is 2. The van der Waals surface area contributed by atoms with Gasteiger partial charge in [0, 0.05) is 6.08 Å². The van der Waals surface area contributed by atoms with E-state index in [0.29, 0.717) is 11.7 Å². The third kappa shape index (κ3) is 5.47. The first-order chi connectivity index (χ1) is 14.6. The highest BCUT2D eigenvalue weighted by Crippen LogP contribution is 2.28. The first-order valence-electron chi connectivity index (χ1n) is 10.0. The van der Waals surface area contributed by atoms with Crippen LogP contribution in [0.4, 0.5) is 0 Å². The van der Waals surface area contributed by atoms with E-state index in [0.717, 1.165) is 28.3 Å². The highest BCUT2D eigenvalue weighted by Gasteiger charge is 2.11. The van der Waals surface area contributed by atoms with Crippen molar-refractivity contribution >= 4 is 28.7 Å². The Morgan fingerprint density at radius 3 is 2.53 bits per heavy atom. The van der Waals surface area contributed by atoms with Crippen LogP contribution in [0.1, 0.15) is 37.3 Å². The molecule has 0 heterocycles. The van der Waals surface area contributed by atoms with Gasteiger partial charge in [-0.25, -0.2) is 0 Å². The summed E-state index contributed by atoms with van der Waals surface area (Å²) >= 11 is 0. The van der Waals surface area contributed by atoms with Gasteiger partial charge in [-0.15, -0.1) is 0 Å². The predicted octanol–water partition coefficient (Wildman–Crippen LogP) is 4.59. The summed E-state index contributed by atoms with van der Waals surface area (Å²) in [5.74, 6) is 0.171. The summed E-state index contributed by atoms with van der Waals surface area (Å²) in [6.45, 7) is 4.04. The summed E-state index contributed by atoms with van der Waals surface area (Å²) in [5.41, 5.74) is 6.75. The molecule has 2 N–H and O–H groups in total. The lowest BCUT2D eigenvalue weighted by Crippen LogP contribution is -2.43. The van der Waals surface area contributed by atoms with Gasteiger partial charge in [-0.3, -0.25) is 20.4 Å². The molecule has 3 rings (SSSR count). The van der Waals surface area contributed by atoms with Crippen molar-refractivity contribution in [3.05, 3.63) is 83.9 Å². The summed E-state index contributed by atoms with van der Waals surface area (Å²) in [6.07, 6.45) is 4.09. The zero-order valence-electron chi connectivity index (χ0n) is 17.2. The summed E-state index contributed by atoms with van der Waals surface area (Å²) in [6, 6.07) is 21.5. The molecule has 1 unspecified atom stereocenters. The quantitative estimate of drug-likeness (QED) is 0.449. The van der Waals surface area contributed by atoms with Crippen LogP contribution in [0.2, 0.25) is 0 Å². The van der Waals surface area contributed by atoms with Gasteiger partial charge in [0.15, 0.2) is 6.61 Å². The van der Waals surface area contributed by atoms with E-state index in [1.807, 2.05) is 66.7 Å². The lowest BCUT2D eigenvalue weighted by atomic mass is 9.98. The molecule has 3 aromatic carbocycles. The standard InChI is InChI=1S/C25H26N2O3/c1-3-18(2)21-12-6-7-14-23(21)30-17-25(29)27-26-24(28)16-15-20-11-8-10-19-9-4-5-13-22(19)20/h4-16,18H,3,17H2,1-2H3,(H,26,28)(H,27,29). The summed E-state index contributed by atoms with van der Waals surface area (Å²) in [5, 5.41) is 2.16. The van der Waals surface area contributed by atoms with Crippen LogP contribution in [-0.4, -0.2) is 18.4 Å². The average Bonchev–Trinajstić information content (AvgIpc) is 2.79. The van der Waals surface area contributed by atoms with Gasteiger partial charge in [-0.1, -0.05) is 74.5 Å². The number of nitrogens with one attached hydrogen (secondary N) is 2. The zero-order chi connectivity index (χ0) is 21.3. The molecule has 154 valence electrons. The lowest BCUT2D eigenvalue weighted by molar-refractivity contribution is -0.128. The molecule has 1 atom stereocenters. The predicted molar refractivity (Wildman–Crippen MR) is 120 cm³/mol. The summed E-state index contributed by atoms with van der Waals surface area (Å²) in [4.78, 5) is 24.1. The Labute approximate surface area is 176 Å². The number of carbonyl (C=O) groups is 2. The van der Waals surface area contributed by atoms with Gasteiger partial charge in [-0.05, 0) is 46.4 Å². The van der Waals surface area contributed by atoms with Crippen molar-refractivity contribution in [2.75, 3.05) is 6.61 Å². The van der Waals surface area contributed by atoms with E-state index in [4.69, 9.17) is 4.74 Å². The Kier molecular flexibility index (Phi) is 7.22. The molecule has 0 aliphatic heterocycles. The third-order valence-corrected chi connectivity index (χ3v) is 4.98. The van der Waals surface area contributed by atoms with Crippen LogP contribution in [0.15, 0.2) is 72.8 Å². The normalized spacial score (nSPS) is 11.9. The Hall–Kier alpha value is -3.60. The maximum Gasteiger partial charge on any atom is 0.276 e. The second kappa shape index (κ2) is 10.3. The van der Waals surface area contributed by atoms with Crippen LogP contribution < -0.4 is 15.6 Å². The SMILES string of the molecule is CCC(C)c1ccccc1OCC(=O)NNC(=O)C=Cc1cccc2ccccc12. The molecule has 0 bridgehead atoms. The monoisotopic (exact) mass is 402 g/mol. The largest absolute Gasteiger partial charge is 0.483 e. The number of hydrazine groups is 1. The molecule has 0 saturated carbocycles. The van der Waals surface area contributed by atoms with Gasteiger partial charge in [0.1, 0.15) is 5.75 Å². The number of carbonyl (C=O) groups excluding carboxylic acids is 2. The van der Waals surface area contributed by atoms with Gasteiger partial charge in [0.2, 0.25) is 0 Å². The molecule has 5 nitrogen and oxygen atoms in total. The van der Waals surface area contributed by atoms with E-state index in [1.54, 1.807) is 6.08 Å². The molecule has 0 aliphatic rings. The minimum absolute atomic E-state index is 0.180. The zero-order valence-corrected chi connectivity index (χ0v) is 17.2. The molecule has 3 aromatic rings. The third-order valence-electron chi connectivity index (χ3n) is 4.98. The number of benzene rings is 3. The fourth-order valence-electron chi connectivity index (χ4n) is 3.15. The van der Waals surface area contributed by atoms with Gasteiger partial charge in [0.05, 0.1) is 0 Å². The van der Waals surface area contributed by atoms with E-state index < -0.39 is 11.8 Å². The van der Waals surface area contributed by atoms with Crippen LogP contribution in [0.3, 0.4) is 0 Å². The molecular weight excluding hydrogens is 376 g/mol. The van der Waals surface area contributed by atoms with Gasteiger partial charge in [-0.2, -0.15) is 0 Å². The number of rotatable bonds is 7. The van der Waals surface area contributed by atoms with E-state index >= 15 is 0 Å². The Balaban J connectivity index is 1.51. The Bertz CT molecular complexity index is 1050. The summed E-state index contributed by atoms with van der Waals surface area (Å²) in [7, 11) is 0. The molecule has 0 fully saturated rings. The second-order valence-corrected chi connectivity index (χ2v) is 7.07. The fraction of sp³-hybridized carbons (Fsp3) is 0.200. The van der Waals surface area contributed by atoms with Crippen LogP contribution in [0.5, 0.6) is 5.75 Å². The first-order valence-corrected chi connectivity index (χ1v) is 10.0. The highest BCUT2D eigenvalue weighted by molar-refractivity contribution is 5.97. The molecule has 5 heteroatoms. The van der Waals surface area contributed by atoms with Crippen molar-refractivity contribution in [2.24, 2.45) is 0 Å². The van der Waals surface area contributed by atoms with Gasteiger partial charge < -0.3 is 4.74 Å². The van der Waals surface area contributed by atoms with Crippen LogP contribution >= 0.6 is 0 Å². The minimum atomic E-state index is -0.430. The summed E-state index contributed by atoms with van der Waals surface area (Å²) < 4.78 is 5.65. The van der Waals surface area contributed by atoms with Crippen LogP contribution in [0, 0.1) is 0 Å². The highest BCUT2D eigenvalue weighted by atomic mass is 16.5. The van der Waals surface area contributed by atoms with Crippen molar-refractivity contribution in [3.63, 3.8) is 0 Å². The molecule has 0 radical (unpaired) electrons. The molecule has 0 aliphatic carbocycles. The van der Waals surface area contributed by atoms with Crippen molar-refractivity contribution in [2.45, 2.75) is 26.2 Å². The van der Waals surface area contributed by atoms with Crippen molar-refractivity contribution in [1.82, 2.24) is 10.9 Å². The molecule has 2 amide bonds. The molecule has 0 saturated heterocycles. The number of amides is 2. The number of para-hydroxylation sites is 1. The number of hydrogen-bond acceptors (Lipinski definition) is 3. The van der Waals surface area contributed by atoms with E-state index in [1.165, 1.54) is 6.08 Å². The minimum Gasteiger partial charge on any atom is -0.483 e. The second-order valence-electron chi connectivity index (χ2n) is 7.07. The van der Waals surface area contributed by atoms with Crippen LogP contribution in [0.25, 0.3) is 16.8 Å². The van der Waals surface area contributed by atoms with Crippen molar-refractivity contribution in [1.29, 1.82) is 0 Å². The number of ether oxygens (including phenoxy) is 1. The van der Waals surface area contributed by atoms with E-state index in [9.17, 15) is 9.59 Å². The fourth-order valence-corrected chi connectivity index (χ4v) is 3.15. The maximum absolute atomic E-state index is 12.1. The van der Waals surface area contributed by atoms with Crippen LogP contribution in [-0.2, 0) is 9.59 Å². The van der Waals surface area contributed by atoms with E-state index in [2.05, 4.69) is 24.7 Å². The molecule has 30 heavy (non-hydrogen) atoms. The van der Waals surface area contributed by atoms with Crippen molar-refractivity contribution in [3.8, 4) is 5.75 Å². The topological polar surface area (TPSA) is 67.4 Å². The van der Waals surface area contributed by atoms with Gasteiger partial charge in [0.25, 0.3) is 11.8 Å². The van der Waals surface area contributed by atoms with Gasteiger partial charge >= 0.3 is 0 Å². The average molecular weight is 402 g/mol. The Morgan fingerprint density at radius 2 is 1.70 bits per heavy atom. The van der Waals surface area contributed by atoms with E-state index in [-0.39, 0.29) is 6.61 Å². The molecule has 0 spiro atoms. The maximum atomic E-state index is 12.1.